The fraction of sp³-hybridized carbons (Fsp3) is 0.414. The van der Waals surface area contributed by atoms with Crippen LogP contribution in [0.3, 0.4) is 0 Å². The van der Waals surface area contributed by atoms with Crippen LogP contribution in [0.4, 0.5) is 37.8 Å². The summed E-state index contributed by atoms with van der Waals surface area (Å²) >= 11 is 0. The predicted molar refractivity (Wildman–Crippen MR) is 148 cm³/mol. The molecule has 1 aliphatic heterocycles. The van der Waals surface area contributed by atoms with Gasteiger partial charge in [-0.3, -0.25) is 4.57 Å². The van der Waals surface area contributed by atoms with Crippen molar-refractivity contribution < 1.29 is 36.2 Å². The first-order chi connectivity index (χ1) is 21.4. The molecule has 7 rings (SSSR count). The topological polar surface area (TPSA) is 105 Å². The highest BCUT2D eigenvalue weighted by Gasteiger charge is 2.59. The van der Waals surface area contributed by atoms with Crippen molar-refractivity contribution in [1.82, 2.24) is 29.5 Å². The molecule has 2 aliphatic carbocycles. The Morgan fingerprint density at radius 1 is 1.11 bits per heavy atom. The first-order valence-electron chi connectivity index (χ1n) is 14.1. The number of imidazole rings is 1. The minimum absolute atomic E-state index is 0.0108. The SMILES string of the molecule is COc1ncnc(C2CC2)c1-c1ncc2c(n1)N(Cc1ccc(-c3nc(C(F)(F)F)cn3C(F)F)c(F)c1)C1(CC1)C(O)N2C. The van der Waals surface area contributed by atoms with Gasteiger partial charge in [-0.1, -0.05) is 6.07 Å². The highest BCUT2D eigenvalue weighted by atomic mass is 19.4. The Hall–Kier alpha value is -4.47. The van der Waals surface area contributed by atoms with E-state index in [2.05, 4.69) is 19.9 Å². The van der Waals surface area contributed by atoms with Crippen molar-refractivity contribution in [2.75, 3.05) is 24.0 Å². The zero-order valence-electron chi connectivity index (χ0n) is 23.9. The van der Waals surface area contributed by atoms with Gasteiger partial charge in [-0.05, 0) is 43.4 Å². The van der Waals surface area contributed by atoms with E-state index in [4.69, 9.17) is 9.72 Å². The monoisotopic (exact) mass is 632 g/mol. The Bertz CT molecular complexity index is 1790. The van der Waals surface area contributed by atoms with E-state index in [1.54, 1.807) is 18.1 Å². The van der Waals surface area contributed by atoms with Crippen LogP contribution in [0, 0.1) is 5.82 Å². The zero-order chi connectivity index (χ0) is 31.8. The first kappa shape index (κ1) is 29.3. The molecule has 0 radical (unpaired) electrons. The minimum Gasteiger partial charge on any atom is -0.480 e. The number of likely N-dealkylation sites (N-methyl/N-ethyl adjacent to an activating group) is 1. The standard InChI is InChI=1S/C29H26F6N8O2/c1-41-18-10-36-22(20-21(15-4-5-15)37-13-38-25(20)45-2)40-24(18)43(28(7-8-28)26(41)44)11-14-3-6-16(17(30)9-14)23-39-19(29(33,34)35)12-42(23)27(31)32/h3,6,9-10,12-13,15,26-27,44H,4-5,7-8,11H2,1-2H3. The molecule has 0 saturated heterocycles. The lowest BCUT2D eigenvalue weighted by Gasteiger charge is -2.46. The quantitative estimate of drug-likeness (QED) is 0.263. The number of hydrogen-bond acceptors (Lipinski definition) is 9. The van der Waals surface area contributed by atoms with Gasteiger partial charge >= 0.3 is 12.7 Å². The molecule has 10 nitrogen and oxygen atoms in total. The van der Waals surface area contributed by atoms with Crippen LogP contribution in [0.5, 0.6) is 5.88 Å². The van der Waals surface area contributed by atoms with Gasteiger partial charge in [-0.15, -0.1) is 0 Å². The smallest absolute Gasteiger partial charge is 0.434 e. The van der Waals surface area contributed by atoms with Crippen molar-refractivity contribution in [3.05, 3.63) is 59.7 Å². The molecule has 0 amide bonds. The van der Waals surface area contributed by atoms with Crippen molar-refractivity contribution in [1.29, 1.82) is 0 Å². The summed E-state index contributed by atoms with van der Waals surface area (Å²) in [5, 5.41) is 11.3. The fourth-order valence-corrected chi connectivity index (χ4v) is 5.98. The molecule has 1 N–H and O–H groups in total. The summed E-state index contributed by atoms with van der Waals surface area (Å²) in [5.74, 6) is -0.552. The Kier molecular flexibility index (Phi) is 6.69. The maximum atomic E-state index is 15.5. The summed E-state index contributed by atoms with van der Waals surface area (Å²) < 4.78 is 87.8. The molecule has 236 valence electrons. The third-order valence-electron chi connectivity index (χ3n) is 8.60. The van der Waals surface area contributed by atoms with E-state index in [0.717, 1.165) is 30.7 Å². The number of aromatic nitrogens is 6. The van der Waals surface area contributed by atoms with E-state index in [1.807, 2.05) is 4.90 Å². The van der Waals surface area contributed by atoms with Gasteiger partial charge < -0.3 is 19.6 Å². The van der Waals surface area contributed by atoms with Gasteiger partial charge in [0.1, 0.15) is 35.4 Å². The van der Waals surface area contributed by atoms with E-state index in [1.165, 1.54) is 19.5 Å². The van der Waals surface area contributed by atoms with Crippen molar-refractivity contribution in [2.45, 2.75) is 62.6 Å². The third kappa shape index (κ3) is 4.82. The number of halogens is 6. The normalized spacial score (nSPS) is 18.9. The van der Waals surface area contributed by atoms with Crippen molar-refractivity contribution in [3.8, 4) is 28.7 Å². The number of ether oxygens (including phenoxy) is 1. The van der Waals surface area contributed by atoms with Crippen LogP contribution in [0.25, 0.3) is 22.8 Å². The number of benzene rings is 1. The molecule has 2 saturated carbocycles. The van der Waals surface area contributed by atoms with E-state index in [-0.39, 0.29) is 23.2 Å². The second kappa shape index (κ2) is 10.3. The summed E-state index contributed by atoms with van der Waals surface area (Å²) in [6.45, 7) is -3.33. The third-order valence-corrected chi connectivity index (χ3v) is 8.60. The maximum Gasteiger partial charge on any atom is 0.434 e. The van der Waals surface area contributed by atoms with Gasteiger partial charge in [-0.25, -0.2) is 29.3 Å². The molecular formula is C29H26F6N8O2. The van der Waals surface area contributed by atoms with Crippen LogP contribution in [0.1, 0.15) is 55.1 Å². The van der Waals surface area contributed by atoms with Gasteiger partial charge in [0.2, 0.25) is 5.88 Å². The number of anilines is 2. The second-order valence-electron chi connectivity index (χ2n) is 11.4. The molecule has 1 unspecified atom stereocenters. The van der Waals surface area contributed by atoms with Crippen LogP contribution in [-0.2, 0) is 12.7 Å². The number of hydrogen-bond donors (Lipinski definition) is 1. The minimum atomic E-state index is -4.99. The molecule has 2 fully saturated rings. The molecule has 4 heterocycles. The predicted octanol–water partition coefficient (Wildman–Crippen LogP) is 5.54. The lowest BCUT2D eigenvalue weighted by molar-refractivity contribution is -0.141. The highest BCUT2D eigenvalue weighted by Crippen LogP contribution is 2.54. The lowest BCUT2D eigenvalue weighted by Crippen LogP contribution is -2.57. The van der Waals surface area contributed by atoms with Gasteiger partial charge in [-0.2, -0.15) is 22.0 Å². The fourth-order valence-electron chi connectivity index (χ4n) is 5.98. The molecule has 3 aromatic heterocycles. The Morgan fingerprint density at radius 3 is 2.49 bits per heavy atom. The highest BCUT2D eigenvalue weighted by molar-refractivity contribution is 5.76. The molecule has 1 spiro atoms. The molecule has 1 atom stereocenters. The van der Waals surface area contributed by atoms with Gasteiger partial charge in [0, 0.05) is 25.7 Å². The maximum absolute atomic E-state index is 15.5. The second-order valence-corrected chi connectivity index (χ2v) is 11.4. The summed E-state index contributed by atoms with van der Waals surface area (Å²) in [6.07, 6.45) is 0.362. The molecule has 4 aromatic rings. The van der Waals surface area contributed by atoms with E-state index < -0.39 is 47.4 Å². The van der Waals surface area contributed by atoms with Gasteiger partial charge in [0.05, 0.1) is 30.1 Å². The molecular weight excluding hydrogens is 606 g/mol. The van der Waals surface area contributed by atoms with Crippen molar-refractivity contribution in [3.63, 3.8) is 0 Å². The molecule has 3 aliphatic rings. The number of alkyl halides is 5. The number of methoxy groups -OCH3 is 1. The number of nitrogens with zero attached hydrogens (tertiary/aromatic N) is 8. The van der Waals surface area contributed by atoms with Crippen LogP contribution in [-0.4, -0.2) is 60.5 Å². The van der Waals surface area contributed by atoms with E-state index in [0.29, 0.717) is 47.2 Å². The zero-order valence-corrected chi connectivity index (χ0v) is 23.9. The average Bonchev–Trinajstić information content (AvgIpc) is 3.95. The van der Waals surface area contributed by atoms with Crippen LogP contribution >= 0.6 is 0 Å². The summed E-state index contributed by atoms with van der Waals surface area (Å²) in [4.78, 5) is 25.0. The number of rotatable bonds is 7. The van der Waals surface area contributed by atoms with E-state index >= 15 is 4.39 Å². The molecule has 16 heteroatoms. The molecule has 45 heavy (non-hydrogen) atoms. The summed E-state index contributed by atoms with van der Waals surface area (Å²) in [7, 11) is 3.22. The number of aliphatic hydroxyl groups is 1. The molecule has 0 bridgehead atoms. The number of fused-ring (bicyclic) bond motifs is 1. The summed E-state index contributed by atoms with van der Waals surface area (Å²) in [6, 6.07) is 3.62. The first-order valence-corrected chi connectivity index (χ1v) is 14.1. The Labute approximate surface area is 252 Å². The van der Waals surface area contributed by atoms with Crippen LogP contribution in [0.15, 0.2) is 36.9 Å². The van der Waals surface area contributed by atoms with Crippen molar-refractivity contribution >= 4 is 11.5 Å². The van der Waals surface area contributed by atoms with Gasteiger partial charge in [0.15, 0.2) is 17.3 Å². The largest absolute Gasteiger partial charge is 0.480 e. The van der Waals surface area contributed by atoms with Crippen molar-refractivity contribution in [2.24, 2.45) is 0 Å². The summed E-state index contributed by atoms with van der Waals surface area (Å²) in [5.41, 5.74) is -0.603. The molecule has 1 aromatic carbocycles. The lowest BCUT2D eigenvalue weighted by atomic mass is 10.0. The number of aliphatic hydroxyl groups excluding tert-OH is 1. The van der Waals surface area contributed by atoms with E-state index in [9.17, 15) is 27.1 Å². The van der Waals surface area contributed by atoms with Gasteiger partial charge in [0.25, 0.3) is 0 Å². The van der Waals surface area contributed by atoms with Crippen LogP contribution < -0.4 is 14.5 Å². The average molecular weight is 633 g/mol. The van der Waals surface area contributed by atoms with Crippen LogP contribution in [0.2, 0.25) is 0 Å². The Morgan fingerprint density at radius 2 is 1.87 bits per heavy atom. The Balaban J connectivity index is 1.29.